The summed E-state index contributed by atoms with van der Waals surface area (Å²) in [5, 5.41) is 6.99. The number of hydrogen-bond acceptors (Lipinski definition) is 4. The van der Waals surface area contributed by atoms with Gasteiger partial charge in [0, 0.05) is 57.9 Å². The normalized spacial score (nSPS) is 18.4. The second kappa shape index (κ2) is 13.7. The van der Waals surface area contributed by atoms with Crippen LogP contribution in [-0.2, 0) is 6.54 Å². The topological polar surface area (TPSA) is 46.1 Å². The van der Waals surface area contributed by atoms with Crippen LogP contribution in [0.3, 0.4) is 0 Å². The van der Waals surface area contributed by atoms with Crippen molar-refractivity contribution in [3.05, 3.63) is 35.9 Å². The zero-order valence-corrected chi connectivity index (χ0v) is 20.8. The van der Waals surface area contributed by atoms with E-state index >= 15 is 0 Å². The maximum atomic E-state index is 4.96. The summed E-state index contributed by atoms with van der Waals surface area (Å²) in [5.74, 6) is 1.54. The van der Waals surface area contributed by atoms with Crippen LogP contribution in [0.1, 0.15) is 39.7 Å². The third kappa shape index (κ3) is 9.17. The van der Waals surface area contributed by atoms with Crippen molar-refractivity contribution >= 4 is 5.96 Å². The summed E-state index contributed by atoms with van der Waals surface area (Å²) in [7, 11) is 4.42. The van der Waals surface area contributed by atoms with E-state index in [2.05, 4.69) is 97.5 Å². The molecule has 0 aromatic heterocycles. The molecule has 1 saturated heterocycles. The van der Waals surface area contributed by atoms with Gasteiger partial charge in [0.15, 0.2) is 5.96 Å². The summed E-state index contributed by atoms with van der Waals surface area (Å²) in [6.07, 6.45) is 1.08. The lowest BCUT2D eigenvalue weighted by molar-refractivity contribution is 0.0925. The maximum absolute atomic E-state index is 4.96. The van der Waals surface area contributed by atoms with Crippen LogP contribution >= 0.6 is 0 Å². The van der Waals surface area contributed by atoms with E-state index in [9.17, 15) is 0 Å². The minimum absolute atomic E-state index is 0.500. The second-order valence-electron chi connectivity index (χ2n) is 9.34. The largest absolute Gasteiger partial charge is 0.357 e. The Balaban J connectivity index is 1.82. The van der Waals surface area contributed by atoms with Crippen LogP contribution < -0.4 is 10.6 Å². The molecule has 0 radical (unpaired) electrons. The van der Waals surface area contributed by atoms with Gasteiger partial charge < -0.3 is 15.5 Å². The van der Waals surface area contributed by atoms with E-state index in [0.29, 0.717) is 18.0 Å². The average Bonchev–Trinajstić information content (AvgIpc) is 2.75. The summed E-state index contributed by atoms with van der Waals surface area (Å²) >= 11 is 0. The van der Waals surface area contributed by atoms with Crippen LogP contribution in [0.15, 0.2) is 35.3 Å². The fourth-order valence-corrected chi connectivity index (χ4v) is 4.08. The molecule has 1 heterocycles. The number of nitrogens with one attached hydrogen (secondary N) is 2. The van der Waals surface area contributed by atoms with Gasteiger partial charge >= 0.3 is 0 Å². The minimum Gasteiger partial charge on any atom is -0.357 e. The Bertz CT molecular complexity index is 624. The Labute approximate surface area is 191 Å². The van der Waals surface area contributed by atoms with Gasteiger partial charge in [-0.2, -0.15) is 0 Å². The van der Waals surface area contributed by atoms with Crippen molar-refractivity contribution in [3.63, 3.8) is 0 Å². The number of benzene rings is 1. The van der Waals surface area contributed by atoms with E-state index in [0.717, 1.165) is 64.7 Å². The molecular formula is C25H46N6. The van der Waals surface area contributed by atoms with Crippen molar-refractivity contribution in [1.82, 2.24) is 25.3 Å². The fraction of sp³-hybridized carbons (Fsp3) is 0.720. The van der Waals surface area contributed by atoms with E-state index in [-0.39, 0.29) is 0 Å². The summed E-state index contributed by atoms with van der Waals surface area (Å²) < 4.78 is 0. The molecule has 0 aliphatic carbocycles. The highest BCUT2D eigenvalue weighted by atomic mass is 15.3. The van der Waals surface area contributed by atoms with Gasteiger partial charge in [-0.25, -0.2) is 0 Å². The quantitative estimate of drug-likeness (QED) is 0.418. The zero-order chi connectivity index (χ0) is 22.6. The molecule has 31 heavy (non-hydrogen) atoms. The third-order valence-electron chi connectivity index (χ3n) is 6.44. The summed E-state index contributed by atoms with van der Waals surface area (Å²) in [6, 6.07) is 11.7. The van der Waals surface area contributed by atoms with E-state index in [1.807, 2.05) is 0 Å². The Kier molecular flexibility index (Phi) is 11.3. The van der Waals surface area contributed by atoms with Crippen LogP contribution in [0.25, 0.3) is 0 Å². The minimum atomic E-state index is 0.500. The summed E-state index contributed by atoms with van der Waals surface area (Å²) in [5.41, 5.74) is 1.36. The van der Waals surface area contributed by atoms with Crippen molar-refractivity contribution in [3.8, 4) is 0 Å². The van der Waals surface area contributed by atoms with Gasteiger partial charge in [-0.3, -0.25) is 14.8 Å². The average molecular weight is 431 g/mol. The first kappa shape index (κ1) is 25.6. The van der Waals surface area contributed by atoms with Gasteiger partial charge in [0.1, 0.15) is 0 Å². The molecular weight excluding hydrogens is 384 g/mol. The fourth-order valence-electron chi connectivity index (χ4n) is 4.08. The molecule has 1 aromatic carbocycles. The number of likely N-dealkylation sites (N-methyl/N-ethyl adjacent to an activating group) is 1. The standard InChI is InChI=1S/C25H46N6/c1-7-26-25(28-19-24(21(2)3)31-17-15-29(5)16-18-31)27-14-13-22(4)30(6)20-23-11-9-8-10-12-23/h8-12,21-22,24H,7,13-20H2,1-6H3,(H2,26,27,28). The molecule has 6 nitrogen and oxygen atoms in total. The number of aliphatic imine (C=N–C) groups is 1. The van der Waals surface area contributed by atoms with Gasteiger partial charge in [-0.05, 0) is 45.8 Å². The van der Waals surface area contributed by atoms with E-state index < -0.39 is 0 Å². The van der Waals surface area contributed by atoms with Crippen molar-refractivity contribution in [2.75, 3.05) is 59.9 Å². The molecule has 0 spiro atoms. The lowest BCUT2D eigenvalue weighted by Gasteiger charge is -2.39. The predicted molar refractivity (Wildman–Crippen MR) is 134 cm³/mol. The van der Waals surface area contributed by atoms with Crippen LogP contribution in [-0.4, -0.2) is 92.7 Å². The third-order valence-corrected chi connectivity index (χ3v) is 6.44. The molecule has 1 aromatic rings. The predicted octanol–water partition coefficient (Wildman–Crippen LogP) is 2.72. The number of piperazine rings is 1. The van der Waals surface area contributed by atoms with Crippen molar-refractivity contribution < 1.29 is 0 Å². The van der Waals surface area contributed by atoms with Crippen LogP contribution in [0.5, 0.6) is 0 Å². The molecule has 2 rings (SSSR count). The van der Waals surface area contributed by atoms with Gasteiger partial charge in [0.2, 0.25) is 0 Å². The molecule has 1 aliphatic heterocycles. The second-order valence-corrected chi connectivity index (χ2v) is 9.34. The Hall–Kier alpha value is -1.63. The van der Waals surface area contributed by atoms with Crippen molar-refractivity contribution in [2.45, 2.75) is 52.7 Å². The van der Waals surface area contributed by atoms with Crippen LogP contribution in [0.4, 0.5) is 0 Å². The van der Waals surface area contributed by atoms with E-state index in [1.165, 1.54) is 5.56 Å². The highest BCUT2D eigenvalue weighted by molar-refractivity contribution is 5.79. The maximum Gasteiger partial charge on any atom is 0.191 e. The molecule has 6 heteroatoms. The molecule has 176 valence electrons. The van der Waals surface area contributed by atoms with Crippen molar-refractivity contribution in [2.24, 2.45) is 10.9 Å². The molecule has 1 aliphatic rings. The number of hydrogen-bond donors (Lipinski definition) is 2. The highest BCUT2D eigenvalue weighted by Crippen LogP contribution is 2.14. The monoisotopic (exact) mass is 430 g/mol. The highest BCUT2D eigenvalue weighted by Gasteiger charge is 2.24. The zero-order valence-electron chi connectivity index (χ0n) is 20.8. The first-order valence-corrected chi connectivity index (χ1v) is 12.1. The molecule has 0 bridgehead atoms. The molecule has 2 N–H and O–H groups in total. The van der Waals surface area contributed by atoms with Crippen LogP contribution in [0.2, 0.25) is 0 Å². The number of nitrogens with zero attached hydrogens (tertiary/aromatic N) is 4. The molecule has 2 unspecified atom stereocenters. The number of guanidine groups is 1. The molecule has 1 fully saturated rings. The first-order chi connectivity index (χ1) is 14.9. The van der Waals surface area contributed by atoms with E-state index in [1.54, 1.807) is 0 Å². The van der Waals surface area contributed by atoms with E-state index in [4.69, 9.17) is 4.99 Å². The molecule has 0 amide bonds. The summed E-state index contributed by atoms with van der Waals surface area (Å²) in [6.45, 7) is 17.3. The smallest absolute Gasteiger partial charge is 0.191 e. The van der Waals surface area contributed by atoms with Crippen LogP contribution in [0, 0.1) is 5.92 Å². The lowest BCUT2D eigenvalue weighted by Crippen LogP contribution is -2.52. The number of rotatable bonds is 11. The SMILES string of the molecule is CCNC(=NCC(C(C)C)N1CCN(C)CC1)NCCC(C)N(C)Cc1ccccc1. The van der Waals surface area contributed by atoms with Crippen molar-refractivity contribution in [1.29, 1.82) is 0 Å². The van der Waals surface area contributed by atoms with Gasteiger partial charge in [0.25, 0.3) is 0 Å². The molecule has 2 atom stereocenters. The molecule has 0 saturated carbocycles. The van der Waals surface area contributed by atoms with Gasteiger partial charge in [-0.1, -0.05) is 44.2 Å². The lowest BCUT2D eigenvalue weighted by atomic mass is 10.0. The Morgan fingerprint density at radius 1 is 1.06 bits per heavy atom. The van der Waals surface area contributed by atoms with Gasteiger partial charge in [0.05, 0.1) is 6.54 Å². The Morgan fingerprint density at radius 2 is 1.74 bits per heavy atom. The Morgan fingerprint density at radius 3 is 2.35 bits per heavy atom. The summed E-state index contributed by atoms with van der Waals surface area (Å²) in [4.78, 5) is 12.4. The van der Waals surface area contributed by atoms with Gasteiger partial charge in [-0.15, -0.1) is 0 Å². The first-order valence-electron chi connectivity index (χ1n) is 12.1.